The molecule has 5 rings (SSSR count). The number of aromatic nitrogens is 2. The number of ether oxygens (including phenoxy) is 2. The molecule has 0 fully saturated rings. The van der Waals surface area contributed by atoms with Gasteiger partial charge in [-0.25, -0.2) is 9.97 Å². The molecule has 0 saturated carbocycles. The lowest BCUT2D eigenvalue weighted by Crippen LogP contribution is -2.25. The fraction of sp³-hybridized carbons (Fsp3) is 0.207. The van der Waals surface area contributed by atoms with Crippen molar-refractivity contribution in [1.82, 2.24) is 9.97 Å². The molecule has 0 aliphatic carbocycles. The Hall–Kier alpha value is -4.39. The second-order valence-corrected chi connectivity index (χ2v) is 9.33. The van der Waals surface area contributed by atoms with E-state index in [2.05, 4.69) is 34.0 Å². The minimum Gasteiger partial charge on any atom is -0.497 e. The maximum Gasteiger partial charge on any atom is 0.196 e. The summed E-state index contributed by atoms with van der Waals surface area (Å²) in [4.78, 5) is 23.0. The number of carbonyl (C=O) groups excluding carboxylic acids is 1. The monoisotopic (exact) mass is 480 g/mol. The number of fused-ring (bicyclic) bond motifs is 1. The van der Waals surface area contributed by atoms with Gasteiger partial charge in [-0.3, -0.25) is 4.79 Å². The van der Waals surface area contributed by atoms with Crippen LogP contribution in [0.15, 0.2) is 78.9 Å². The summed E-state index contributed by atoms with van der Waals surface area (Å²) < 4.78 is 11.2. The molecular weight excluding hydrogens is 452 g/mol. The Balaban J connectivity index is 1.43. The van der Waals surface area contributed by atoms with Gasteiger partial charge in [-0.05, 0) is 54.1 Å². The van der Waals surface area contributed by atoms with Gasteiger partial charge in [0.15, 0.2) is 12.1 Å². The maximum absolute atomic E-state index is 11.7. The van der Waals surface area contributed by atoms with E-state index in [0.717, 1.165) is 39.9 Å². The predicted molar refractivity (Wildman–Crippen MR) is 141 cm³/mol. The second kappa shape index (κ2) is 9.70. The molecule has 4 aromatic rings. The Morgan fingerprint density at radius 1 is 0.917 bits per heavy atom. The molecule has 0 spiro atoms. The zero-order valence-electron chi connectivity index (χ0n) is 20.6. The molecule has 3 aromatic carbocycles. The number of nitrogens with zero attached hydrogens (tertiary/aromatic N) is 3. The number of nitrogens with one attached hydrogen (secondary N) is 1. The van der Waals surface area contributed by atoms with Crippen molar-refractivity contribution in [2.75, 3.05) is 23.9 Å². The summed E-state index contributed by atoms with van der Waals surface area (Å²) in [6.07, 6.45) is 0.694. The van der Waals surface area contributed by atoms with Crippen molar-refractivity contribution < 1.29 is 14.3 Å². The van der Waals surface area contributed by atoms with Crippen molar-refractivity contribution in [3.63, 3.8) is 0 Å². The minimum atomic E-state index is -0.238. The van der Waals surface area contributed by atoms with Gasteiger partial charge in [-0.1, -0.05) is 44.2 Å². The summed E-state index contributed by atoms with van der Waals surface area (Å²) in [6.45, 7) is 5.60. The highest BCUT2D eigenvalue weighted by Crippen LogP contribution is 2.46. The molecule has 1 aromatic heterocycles. The van der Waals surface area contributed by atoms with E-state index in [-0.39, 0.29) is 11.2 Å². The van der Waals surface area contributed by atoms with Crippen LogP contribution in [-0.4, -0.2) is 29.9 Å². The Kier molecular flexibility index (Phi) is 6.29. The van der Waals surface area contributed by atoms with Crippen molar-refractivity contribution >= 4 is 23.6 Å². The molecule has 0 unspecified atom stereocenters. The first-order chi connectivity index (χ1) is 17.5. The molecule has 0 bridgehead atoms. The van der Waals surface area contributed by atoms with Crippen LogP contribution in [0, 0.1) is 0 Å². The molecule has 1 aliphatic rings. The predicted octanol–water partition coefficient (Wildman–Crippen LogP) is 6.13. The van der Waals surface area contributed by atoms with E-state index in [0.29, 0.717) is 25.2 Å². The van der Waals surface area contributed by atoms with Gasteiger partial charge < -0.3 is 19.7 Å². The molecule has 0 radical (unpaired) electrons. The third-order valence-corrected chi connectivity index (χ3v) is 6.24. The van der Waals surface area contributed by atoms with E-state index < -0.39 is 0 Å². The first kappa shape index (κ1) is 23.4. The van der Waals surface area contributed by atoms with Crippen molar-refractivity contribution in [3.8, 4) is 17.2 Å². The number of aldehydes is 1. The number of methoxy groups -OCH3 is 1. The number of hydrogen-bond donors (Lipinski definition) is 1. The Morgan fingerprint density at radius 2 is 1.58 bits per heavy atom. The molecule has 1 aliphatic heterocycles. The Bertz CT molecular complexity index is 1350. The number of carbonyl (C=O) groups is 1. The van der Waals surface area contributed by atoms with Crippen LogP contribution in [0.2, 0.25) is 0 Å². The highest BCUT2D eigenvalue weighted by atomic mass is 16.5. The molecule has 7 heteroatoms. The first-order valence-corrected chi connectivity index (χ1v) is 11.8. The number of para-hydroxylation sites is 1. The van der Waals surface area contributed by atoms with Crippen LogP contribution in [0.3, 0.4) is 0 Å². The molecule has 1 N–H and O–H groups in total. The summed E-state index contributed by atoms with van der Waals surface area (Å²) in [5.74, 6) is 3.91. The quantitative estimate of drug-likeness (QED) is 0.304. The van der Waals surface area contributed by atoms with Crippen molar-refractivity contribution in [3.05, 3.63) is 95.8 Å². The van der Waals surface area contributed by atoms with Crippen LogP contribution in [0.5, 0.6) is 17.2 Å². The molecule has 0 atom stereocenters. The van der Waals surface area contributed by atoms with E-state index in [9.17, 15) is 4.79 Å². The van der Waals surface area contributed by atoms with E-state index in [1.54, 1.807) is 7.11 Å². The van der Waals surface area contributed by atoms with Gasteiger partial charge in [0.2, 0.25) is 0 Å². The largest absolute Gasteiger partial charge is 0.497 e. The number of hydrogen-bond acceptors (Lipinski definition) is 7. The molecule has 182 valence electrons. The molecule has 36 heavy (non-hydrogen) atoms. The standard InChI is InChI=1S/C29H28N4O3/c1-29(2)19-33(21-11-15-24(16-12-21)36-23-7-5-4-6-8-23)28-26(29)27(31-25(18-34)32-28)30-17-20-9-13-22(35-3)14-10-20/h4-16,18H,17,19H2,1-3H3,(H,30,31,32). The highest BCUT2D eigenvalue weighted by Gasteiger charge is 2.40. The second-order valence-electron chi connectivity index (χ2n) is 9.33. The molecule has 0 saturated heterocycles. The van der Waals surface area contributed by atoms with Crippen molar-refractivity contribution in [2.24, 2.45) is 0 Å². The van der Waals surface area contributed by atoms with E-state index >= 15 is 0 Å². The van der Waals surface area contributed by atoms with Crippen molar-refractivity contribution in [2.45, 2.75) is 25.8 Å². The third kappa shape index (κ3) is 4.73. The summed E-state index contributed by atoms with van der Waals surface area (Å²) in [5.41, 5.74) is 2.81. The van der Waals surface area contributed by atoms with Gasteiger partial charge in [0.05, 0.1) is 7.11 Å². The third-order valence-electron chi connectivity index (χ3n) is 6.24. The number of anilines is 3. The van der Waals surface area contributed by atoms with Crippen LogP contribution >= 0.6 is 0 Å². The van der Waals surface area contributed by atoms with Gasteiger partial charge in [-0.2, -0.15) is 0 Å². The van der Waals surface area contributed by atoms with E-state index in [1.807, 2.05) is 78.9 Å². The normalized spacial score (nSPS) is 13.7. The van der Waals surface area contributed by atoms with Crippen LogP contribution in [-0.2, 0) is 12.0 Å². The Labute approximate surface area is 210 Å². The lowest BCUT2D eigenvalue weighted by molar-refractivity contribution is 0.111. The first-order valence-electron chi connectivity index (χ1n) is 11.8. The van der Waals surface area contributed by atoms with E-state index in [4.69, 9.17) is 9.47 Å². The van der Waals surface area contributed by atoms with Gasteiger partial charge in [0.25, 0.3) is 0 Å². The molecule has 0 amide bonds. The average Bonchev–Trinajstić information content (AvgIpc) is 3.19. The summed E-state index contributed by atoms with van der Waals surface area (Å²) in [6, 6.07) is 25.5. The van der Waals surface area contributed by atoms with Gasteiger partial charge in [0, 0.05) is 29.8 Å². The number of benzene rings is 3. The molecular formula is C29H28N4O3. The zero-order valence-corrected chi connectivity index (χ0v) is 20.6. The van der Waals surface area contributed by atoms with Crippen LogP contribution in [0.1, 0.15) is 35.6 Å². The zero-order chi connectivity index (χ0) is 25.1. The topological polar surface area (TPSA) is 76.6 Å². The summed E-state index contributed by atoms with van der Waals surface area (Å²) >= 11 is 0. The van der Waals surface area contributed by atoms with Gasteiger partial charge in [0.1, 0.15) is 28.9 Å². The smallest absolute Gasteiger partial charge is 0.196 e. The SMILES string of the molecule is COc1ccc(CNc2nc(C=O)nc3c2C(C)(C)CN3c2ccc(Oc3ccccc3)cc2)cc1. The Morgan fingerprint density at radius 3 is 2.25 bits per heavy atom. The maximum atomic E-state index is 11.7. The van der Waals surface area contributed by atoms with Crippen molar-refractivity contribution in [1.29, 1.82) is 0 Å². The molecule has 2 heterocycles. The van der Waals surface area contributed by atoms with Crippen LogP contribution < -0.4 is 19.7 Å². The van der Waals surface area contributed by atoms with Crippen LogP contribution in [0.4, 0.5) is 17.3 Å². The lowest BCUT2D eigenvalue weighted by Gasteiger charge is -2.22. The lowest BCUT2D eigenvalue weighted by atomic mass is 9.88. The van der Waals surface area contributed by atoms with E-state index in [1.165, 1.54) is 0 Å². The summed E-state index contributed by atoms with van der Waals surface area (Å²) in [7, 11) is 1.65. The van der Waals surface area contributed by atoms with Gasteiger partial charge in [-0.15, -0.1) is 0 Å². The highest BCUT2D eigenvalue weighted by molar-refractivity contribution is 5.79. The minimum absolute atomic E-state index is 0.151. The summed E-state index contributed by atoms with van der Waals surface area (Å²) in [5, 5.41) is 3.44. The van der Waals surface area contributed by atoms with Gasteiger partial charge >= 0.3 is 0 Å². The fourth-order valence-corrected chi connectivity index (χ4v) is 4.48. The average molecular weight is 481 g/mol. The fourth-order valence-electron chi connectivity index (χ4n) is 4.48. The molecule has 7 nitrogen and oxygen atoms in total. The van der Waals surface area contributed by atoms with Crippen LogP contribution in [0.25, 0.3) is 0 Å². The number of rotatable bonds is 8.